The minimum absolute atomic E-state index is 0.248. The summed E-state index contributed by atoms with van der Waals surface area (Å²) in [5.74, 6) is 0. The number of rotatable bonds is 0. The molecule has 0 nitrogen and oxygen atoms in total. The Morgan fingerprint density at radius 1 is 1.67 bits per heavy atom. The van der Waals surface area contributed by atoms with Crippen molar-refractivity contribution < 1.29 is 4.39 Å². The smallest absolute Gasteiger partial charge is 0.137 e. The minimum Gasteiger partial charge on any atom is -0.206 e. The van der Waals surface area contributed by atoms with Crippen molar-refractivity contribution in [2.24, 2.45) is 0 Å². The molecule has 0 atom stereocenters. The highest BCUT2D eigenvalue weighted by atomic mass is 19.1. The zero-order valence-electron chi connectivity index (χ0n) is 3.16. The van der Waals surface area contributed by atoms with E-state index >= 15 is 0 Å². The summed E-state index contributed by atoms with van der Waals surface area (Å²) >= 11 is 0. The van der Waals surface area contributed by atoms with Crippen molar-refractivity contribution in [2.45, 2.75) is 0 Å². The van der Waals surface area contributed by atoms with Crippen LogP contribution >= 0.6 is 0 Å². The van der Waals surface area contributed by atoms with E-state index in [-0.39, 0.29) is 6.33 Å². The molecule has 0 saturated carbocycles. The maximum absolute atomic E-state index is 10.8. The monoisotopic (exact) mass is 82.0 g/mol. The molecule has 0 aliphatic rings. The first-order valence-corrected chi connectivity index (χ1v) is 1.36. The lowest BCUT2D eigenvalue weighted by Gasteiger charge is -1.38. The number of hydrogen-bond donors (Lipinski definition) is 0. The SMILES string of the molecule is C=C=C=C=CF. The summed E-state index contributed by atoms with van der Waals surface area (Å²) in [6, 6.07) is 0. The molecule has 6 heavy (non-hydrogen) atoms. The van der Waals surface area contributed by atoms with Crippen molar-refractivity contribution in [3.05, 3.63) is 30.1 Å². The minimum atomic E-state index is 0.248. The Bertz CT molecular complexity index is 128. The molecule has 0 radical (unpaired) electrons. The van der Waals surface area contributed by atoms with Gasteiger partial charge in [-0.1, -0.05) is 5.73 Å². The molecule has 0 aromatic carbocycles. The first-order chi connectivity index (χ1) is 2.91. The van der Waals surface area contributed by atoms with Gasteiger partial charge in [0.25, 0.3) is 0 Å². The topological polar surface area (TPSA) is 0 Å². The van der Waals surface area contributed by atoms with Crippen LogP contribution in [0.2, 0.25) is 0 Å². The molecule has 0 unspecified atom stereocenters. The molecular weight excluding hydrogens is 79.1 g/mol. The van der Waals surface area contributed by atoms with Gasteiger partial charge < -0.3 is 0 Å². The molecule has 0 aliphatic carbocycles. The van der Waals surface area contributed by atoms with E-state index in [0.717, 1.165) is 0 Å². The Balaban J connectivity index is 4.19. The predicted octanol–water partition coefficient (Wildman–Crippen LogP) is 1.56. The molecule has 0 saturated heterocycles. The zero-order valence-corrected chi connectivity index (χ0v) is 3.16. The Kier molecular flexibility index (Phi) is 3.35. The summed E-state index contributed by atoms with van der Waals surface area (Å²) in [6.45, 7) is 3.11. The Morgan fingerprint density at radius 3 is 2.50 bits per heavy atom. The van der Waals surface area contributed by atoms with Crippen LogP contribution in [0.1, 0.15) is 0 Å². The molecule has 30 valence electrons. The molecule has 0 fully saturated rings. The molecule has 1 heteroatoms. The van der Waals surface area contributed by atoms with Gasteiger partial charge in [0, 0.05) is 0 Å². The summed E-state index contributed by atoms with van der Waals surface area (Å²) in [4.78, 5) is 0. The van der Waals surface area contributed by atoms with Gasteiger partial charge in [-0.2, -0.15) is 0 Å². The van der Waals surface area contributed by atoms with E-state index in [2.05, 4.69) is 18.0 Å². The highest BCUT2D eigenvalue weighted by Gasteiger charge is 1.37. The third-order valence-electron chi connectivity index (χ3n) is 0.215. The molecule has 0 aliphatic heterocycles. The summed E-state index contributed by atoms with van der Waals surface area (Å²) in [7, 11) is 0. The predicted molar refractivity (Wildman–Crippen MR) is 21.8 cm³/mol. The highest BCUT2D eigenvalue weighted by Crippen LogP contribution is 1.58. The second-order valence-corrected chi connectivity index (χ2v) is 0.555. The molecule has 0 aromatic heterocycles. The first-order valence-electron chi connectivity index (χ1n) is 1.36. The third kappa shape index (κ3) is 3.01. The fourth-order valence-electron chi connectivity index (χ4n) is 0.0783. The quantitative estimate of drug-likeness (QED) is 0.389. The second-order valence-electron chi connectivity index (χ2n) is 0.555. The van der Waals surface area contributed by atoms with E-state index in [9.17, 15) is 4.39 Å². The van der Waals surface area contributed by atoms with Crippen molar-refractivity contribution in [3.8, 4) is 0 Å². The van der Waals surface area contributed by atoms with Gasteiger partial charge in [0.2, 0.25) is 0 Å². The van der Waals surface area contributed by atoms with Gasteiger partial charge in [-0.15, -0.1) is 0 Å². The van der Waals surface area contributed by atoms with E-state index in [0.29, 0.717) is 0 Å². The standard InChI is InChI=1S/C5H3F/c1-2-3-4-5-6/h5H,1H2. The van der Waals surface area contributed by atoms with Gasteiger partial charge in [-0.05, 0) is 18.0 Å². The number of hydrogen-bond acceptors (Lipinski definition) is 0. The first kappa shape index (κ1) is 5.01. The van der Waals surface area contributed by atoms with Crippen LogP contribution in [0.15, 0.2) is 30.1 Å². The molecule has 0 aromatic rings. The Morgan fingerprint density at radius 2 is 2.33 bits per heavy atom. The van der Waals surface area contributed by atoms with Crippen LogP contribution in [0.3, 0.4) is 0 Å². The van der Waals surface area contributed by atoms with Gasteiger partial charge in [0.05, 0.1) is 0 Å². The highest BCUT2D eigenvalue weighted by molar-refractivity contribution is 4.77. The molecule has 0 heterocycles. The van der Waals surface area contributed by atoms with Crippen molar-refractivity contribution >= 4 is 0 Å². The van der Waals surface area contributed by atoms with Gasteiger partial charge in [0.15, 0.2) is 0 Å². The van der Waals surface area contributed by atoms with Crippen molar-refractivity contribution in [3.63, 3.8) is 0 Å². The van der Waals surface area contributed by atoms with Gasteiger partial charge in [-0.25, -0.2) is 4.39 Å². The van der Waals surface area contributed by atoms with E-state index in [1.54, 1.807) is 0 Å². The molecule has 0 bridgehead atoms. The molecular formula is C5H3F. The summed E-state index contributed by atoms with van der Waals surface area (Å²) in [5.41, 5.74) is 6.33. The van der Waals surface area contributed by atoms with Gasteiger partial charge in [-0.3, -0.25) is 0 Å². The van der Waals surface area contributed by atoms with Crippen LogP contribution in [0, 0.1) is 0 Å². The van der Waals surface area contributed by atoms with Crippen LogP contribution in [-0.2, 0) is 0 Å². The third-order valence-corrected chi connectivity index (χ3v) is 0.215. The normalized spacial score (nSPS) is 4.17. The van der Waals surface area contributed by atoms with Crippen LogP contribution in [0.5, 0.6) is 0 Å². The Labute approximate surface area is 35.6 Å². The van der Waals surface area contributed by atoms with Crippen LogP contribution in [0.4, 0.5) is 4.39 Å². The van der Waals surface area contributed by atoms with Crippen LogP contribution < -0.4 is 0 Å². The van der Waals surface area contributed by atoms with Gasteiger partial charge in [0.1, 0.15) is 6.33 Å². The lowest BCUT2D eigenvalue weighted by Crippen LogP contribution is -1.17. The second kappa shape index (κ2) is 4.01. The van der Waals surface area contributed by atoms with Gasteiger partial charge >= 0.3 is 0 Å². The van der Waals surface area contributed by atoms with E-state index in [1.165, 1.54) is 0 Å². The maximum Gasteiger partial charge on any atom is 0.137 e. The average molecular weight is 82.1 g/mol. The molecule has 0 amide bonds. The molecule has 0 spiro atoms. The van der Waals surface area contributed by atoms with E-state index in [4.69, 9.17) is 0 Å². The lowest BCUT2D eigenvalue weighted by molar-refractivity contribution is 0.723. The molecule has 0 N–H and O–H groups in total. The van der Waals surface area contributed by atoms with Crippen molar-refractivity contribution in [2.75, 3.05) is 0 Å². The van der Waals surface area contributed by atoms with Crippen LogP contribution in [-0.4, -0.2) is 0 Å². The molecule has 0 rings (SSSR count). The lowest BCUT2D eigenvalue weighted by atomic mass is 10.8. The fraction of sp³-hybridized carbons (Fsp3) is 0. The zero-order chi connectivity index (χ0) is 4.83. The fourth-order valence-corrected chi connectivity index (χ4v) is 0.0783. The van der Waals surface area contributed by atoms with E-state index in [1.807, 2.05) is 5.73 Å². The van der Waals surface area contributed by atoms with Crippen molar-refractivity contribution in [1.82, 2.24) is 0 Å². The number of halogens is 1. The summed E-state index contributed by atoms with van der Waals surface area (Å²) in [6.07, 6.45) is 0.248. The summed E-state index contributed by atoms with van der Waals surface area (Å²) < 4.78 is 10.8. The largest absolute Gasteiger partial charge is 0.206 e. The van der Waals surface area contributed by atoms with Crippen molar-refractivity contribution in [1.29, 1.82) is 0 Å². The summed E-state index contributed by atoms with van der Waals surface area (Å²) in [5, 5.41) is 0. The van der Waals surface area contributed by atoms with Crippen LogP contribution in [0.25, 0.3) is 0 Å². The Hall–Kier alpha value is -0.990. The maximum atomic E-state index is 10.8. The average Bonchev–Trinajstić information content (AvgIpc) is 1.61. The van der Waals surface area contributed by atoms with E-state index < -0.39 is 0 Å².